The fourth-order valence-electron chi connectivity index (χ4n) is 3.41. The third-order valence-corrected chi connectivity index (χ3v) is 5.36. The van der Waals surface area contributed by atoms with E-state index in [0.717, 1.165) is 12.1 Å². The number of nitrogens with zero attached hydrogens (tertiary/aromatic N) is 1. The first-order chi connectivity index (χ1) is 12.6. The van der Waals surface area contributed by atoms with E-state index in [2.05, 4.69) is 31.2 Å². The van der Waals surface area contributed by atoms with E-state index >= 15 is 0 Å². The number of carbonyl (C=O) groups excluding carboxylic acids is 1. The second-order valence-corrected chi connectivity index (χ2v) is 7.74. The van der Waals surface area contributed by atoms with Gasteiger partial charge in [0, 0.05) is 19.7 Å². The summed E-state index contributed by atoms with van der Waals surface area (Å²) in [5.74, 6) is 0.0780. The number of benzene rings is 1. The van der Waals surface area contributed by atoms with Crippen LogP contribution in [0.2, 0.25) is 0 Å². The predicted molar refractivity (Wildman–Crippen MR) is 115 cm³/mol. The third-order valence-electron chi connectivity index (χ3n) is 5.36. The molecule has 2 nitrogen and oxygen atoms in total. The van der Waals surface area contributed by atoms with Crippen molar-refractivity contribution < 1.29 is 4.79 Å². The molecule has 0 atom stereocenters. The van der Waals surface area contributed by atoms with Crippen LogP contribution in [0.5, 0.6) is 0 Å². The molecule has 1 aromatic carbocycles. The van der Waals surface area contributed by atoms with E-state index in [1.807, 2.05) is 7.05 Å². The topological polar surface area (TPSA) is 20.3 Å². The van der Waals surface area contributed by atoms with Gasteiger partial charge in [0.25, 0.3) is 0 Å². The molecule has 0 aliphatic carbocycles. The molecule has 0 bridgehead atoms. The molecule has 0 spiro atoms. The van der Waals surface area contributed by atoms with Crippen LogP contribution in [0.25, 0.3) is 0 Å². The van der Waals surface area contributed by atoms with Crippen LogP contribution in [0.4, 0.5) is 5.69 Å². The van der Waals surface area contributed by atoms with Crippen molar-refractivity contribution in [2.75, 3.05) is 11.9 Å². The van der Waals surface area contributed by atoms with E-state index in [4.69, 9.17) is 0 Å². The van der Waals surface area contributed by atoms with Crippen LogP contribution in [0.1, 0.15) is 103 Å². The Kier molecular flexibility index (Phi) is 13.0. The Balaban J connectivity index is 1.95. The summed E-state index contributed by atoms with van der Waals surface area (Å²) in [5, 5.41) is 0. The summed E-state index contributed by atoms with van der Waals surface area (Å²) in [6.45, 7) is 3.88. The lowest BCUT2D eigenvalue weighted by Crippen LogP contribution is -2.22. The van der Waals surface area contributed by atoms with E-state index < -0.39 is 0 Å². The van der Waals surface area contributed by atoms with Gasteiger partial charge in [-0.25, -0.2) is 0 Å². The first-order valence-electron chi connectivity index (χ1n) is 11.0. The summed E-state index contributed by atoms with van der Waals surface area (Å²) in [5.41, 5.74) is 2.36. The van der Waals surface area contributed by atoms with Crippen molar-refractivity contribution in [1.82, 2.24) is 0 Å². The number of unbranched alkanes of at least 4 members (excludes halogenated alkanes) is 12. The minimum Gasteiger partial charge on any atom is -0.316 e. The monoisotopic (exact) mass is 359 g/mol. The van der Waals surface area contributed by atoms with Gasteiger partial charge in [-0.2, -0.15) is 0 Å². The summed E-state index contributed by atoms with van der Waals surface area (Å²) >= 11 is 0. The highest BCUT2D eigenvalue weighted by molar-refractivity contribution is 5.90. The zero-order chi connectivity index (χ0) is 19.0. The minimum atomic E-state index is 0.0780. The van der Waals surface area contributed by atoms with Crippen LogP contribution in [-0.4, -0.2) is 13.0 Å². The standard InChI is InChI=1S/C24H41NO/c1-4-5-6-7-8-9-10-11-12-13-14-15-16-17-23-18-20-24(21-19-23)25(3)22(2)26/h18-21H,4-17H2,1-3H3. The number of rotatable bonds is 15. The maximum atomic E-state index is 11.4. The number of aryl methyl sites for hydroxylation is 1. The summed E-state index contributed by atoms with van der Waals surface area (Å²) < 4.78 is 0. The highest BCUT2D eigenvalue weighted by Gasteiger charge is 2.04. The molecule has 0 heterocycles. The molecule has 0 aliphatic heterocycles. The molecule has 0 saturated carbocycles. The average molecular weight is 360 g/mol. The summed E-state index contributed by atoms with van der Waals surface area (Å²) in [7, 11) is 1.82. The van der Waals surface area contributed by atoms with Gasteiger partial charge in [-0.05, 0) is 30.5 Å². The molecule has 1 rings (SSSR count). The van der Waals surface area contributed by atoms with Crippen molar-refractivity contribution in [3.8, 4) is 0 Å². The maximum absolute atomic E-state index is 11.4. The number of carbonyl (C=O) groups is 1. The second-order valence-electron chi connectivity index (χ2n) is 7.74. The van der Waals surface area contributed by atoms with E-state index in [-0.39, 0.29) is 5.91 Å². The summed E-state index contributed by atoms with van der Waals surface area (Å²) in [4.78, 5) is 13.1. The molecule has 1 amide bonds. The molecule has 0 fully saturated rings. The predicted octanol–water partition coefficient (Wildman–Crippen LogP) is 7.30. The van der Waals surface area contributed by atoms with Crippen molar-refractivity contribution in [2.45, 2.75) is 104 Å². The normalized spacial score (nSPS) is 10.9. The zero-order valence-corrected chi connectivity index (χ0v) is 17.6. The Bertz CT molecular complexity index is 466. The smallest absolute Gasteiger partial charge is 0.223 e. The van der Waals surface area contributed by atoms with Gasteiger partial charge in [0.1, 0.15) is 0 Å². The van der Waals surface area contributed by atoms with Gasteiger partial charge in [-0.1, -0.05) is 96.1 Å². The molecule has 0 unspecified atom stereocenters. The van der Waals surface area contributed by atoms with Gasteiger partial charge in [-0.3, -0.25) is 4.79 Å². The van der Waals surface area contributed by atoms with Gasteiger partial charge in [0.2, 0.25) is 5.91 Å². The van der Waals surface area contributed by atoms with E-state index in [9.17, 15) is 4.79 Å². The fourth-order valence-corrected chi connectivity index (χ4v) is 3.41. The van der Waals surface area contributed by atoms with Crippen LogP contribution in [0, 0.1) is 0 Å². The molecule has 0 radical (unpaired) electrons. The van der Waals surface area contributed by atoms with Gasteiger partial charge < -0.3 is 4.90 Å². The molecule has 0 aliphatic rings. The van der Waals surface area contributed by atoms with Crippen LogP contribution in [-0.2, 0) is 11.2 Å². The van der Waals surface area contributed by atoms with E-state index in [1.54, 1.807) is 11.8 Å². The van der Waals surface area contributed by atoms with Crippen LogP contribution < -0.4 is 4.90 Å². The molecule has 0 saturated heterocycles. The zero-order valence-electron chi connectivity index (χ0n) is 17.6. The van der Waals surface area contributed by atoms with Gasteiger partial charge in [0.05, 0.1) is 0 Å². The Morgan fingerprint density at radius 3 is 1.58 bits per heavy atom. The van der Waals surface area contributed by atoms with Gasteiger partial charge >= 0.3 is 0 Å². The highest BCUT2D eigenvalue weighted by atomic mass is 16.2. The summed E-state index contributed by atoms with van der Waals surface area (Å²) in [6.07, 6.45) is 19.4. The lowest BCUT2D eigenvalue weighted by molar-refractivity contribution is -0.116. The van der Waals surface area contributed by atoms with Gasteiger partial charge in [0.15, 0.2) is 0 Å². The lowest BCUT2D eigenvalue weighted by atomic mass is 10.0. The first kappa shape index (κ1) is 22.7. The van der Waals surface area contributed by atoms with Crippen molar-refractivity contribution in [1.29, 1.82) is 0 Å². The molecule has 0 N–H and O–H groups in total. The Morgan fingerprint density at radius 1 is 0.731 bits per heavy atom. The average Bonchev–Trinajstić information content (AvgIpc) is 2.65. The number of hydrogen-bond donors (Lipinski definition) is 0. The molecule has 26 heavy (non-hydrogen) atoms. The van der Waals surface area contributed by atoms with Crippen LogP contribution in [0.15, 0.2) is 24.3 Å². The van der Waals surface area contributed by atoms with Crippen molar-refractivity contribution >= 4 is 11.6 Å². The van der Waals surface area contributed by atoms with E-state index in [1.165, 1.54) is 89.0 Å². The summed E-state index contributed by atoms with van der Waals surface area (Å²) in [6, 6.07) is 8.43. The van der Waals surface area contributed by atoms with E-state index in [0.29, 0.717) is 0 Å². The number of amides is 1. The second kappa shape index (κ2) is 14.8. The van der Waals surface area contributed by atoms with Crippen LogP contribution in [0.3, 0.4) is 0 Å². The number of hydrogen-bond acceptors (Lipinski definition) is 1. The molecular weight excluding hydrogens is 318 g/mol. The Hall–Kier alpha value is -1.31. The molecule has 2 heteroatoms. The maximum Gasteiger partial charge on any atom is 0.223 e. The van der Waals surface area contributed by atoms with Crippen LogP contribution >= 0.6 is 0 Å². The highest BCUT2D eigenvalue weighted by Crippen LogP contribution is 2.17. The Labute approximate surface area is 162 Å². The molecule has 148 valence electrons. The molecular formula is C24H41NO. The quantitative estimate of drug-likeness (QED) is 0.301. The fraction of sp³-hybridized carbons (Fsp3) is 0.708. The van der Waals surface area contributed by atoms with Gasteiger partial charge in [-0.15, -0.1) is 0 Å². The van der Waals surface area contributed by atoms with Crippen molar-refractivity contribution in [2.24, 2.45) is 0 Å². The minimum absolute atomic E-state index is 0.0780. The lowest BCUT2D eigenvalue weighted by Gasteiger charge is -2.15. The molecule has 1 aromatic rings. The van der Waals surface area contributed by atoms with Crippen molar-refractivity contribution in [3.05, 3.63) is 29.8 Å². The largest absolute Gasteiger partial charge is 0.316 e. The van der Waals surface area contributed by atoms with Crippen molar-refractivity contribution in [3.63, 3.8) is 0 Å². The third kappa shape index (κ3) is 10.6. The first-order valence-corrected chi connectivity index (χ1v) is 11.0. The molecule has 0 aromatic heterocycles. The number of anilines is 1. The Morgan fingerprint density at radius 2 is 1.15 bits per heavy atom. The SMILES string of the molecule is CCCCCCCCCCCCCCCc1ccc(N(C)C(C)=O)cc1.